The number of carbonyl (C=O) groups is 6. The molecule has 14 nitrogen and oxygen atoms in total. The Balaban J connectivity index is 4.87. The summed E-state index contributed by atoms with van der Waals surface area (Å²) in [7, 11) is 0. The van der Waals surface area contributed by atoms with Crippen LogP contribution in [0.1, 0.15) is 34.1 Å². The smallest absolute Gasteiger partial charge is 0.408 e. The fraction of sp³-hybridized carbons (Fsp3) is 0.667. The van der Waals surface area contributed by atoms with Crippen molar-refractivity contribution in [2.24, 2.45) is 5.73 Å². The molecule has 2 atom stereocenters. The molecule has 0 aromatic rings. The molecular weight excluding hydrogens is 428 g/mol. The molecule has 0 aromatic carbocycles. The Labute approximate surface area is 185 Å². The average Bonchev–Trinajstić information content (AvgIpc) is 2.67. The molecule has 32 heavy (non-hydrogen) atoms. The number of hydrogen-bond acceptors (Lipinski definition) is 8. The maximum atomic E-state index is 12.6. The largest absolute Gasteiger partial charge is 0.444 e. The molecule has 0 radical (unpaired) electrons. The van der Waals surface area contributed by atoms with Crippen molar-refractivity contribution in [2.75, 3.05) is 26.2 Å². The highest BCUT2D eigenvalue weighted by atomic mass is 16.6. The number of nitrogens with two attached hydrogens (primary N) is 1. The van der Waals surface area contributed by atoms with Crippen molar-refractivity contribution in [3.8, 4) is 0 Å². The lowest BCUT2D eigenvalue weighted by Crippen LogP contribution is -2.54. The first-order chi connectivity index (χ1) is 14.7. The number of alkyl carbamates (subject to hydrolysis) is 1. The van der Waals surface area contributed by atoms with Crippen molar-refractivity contribution in [3.63, 3.8) is 0 Å². The molecule has 0 fully saturated rings. The van der Waals surface area contributed by atoms with Gasteiger partial charge in [0.2, 0.25) is 29.5 Å². The van der Waals surface area contributed by atoms with Crippen LogP contribution in [0.4, 0.5) is 4.79 Å². The molecule has 0 unspecified atom stereocenters. The average molecular weight is 460 g/mol. The zero-order valence-corrected chi connectivity index (χ0v) is 18.6. The van der Waals surface area contributed by atoms with Crippen LogP contribution >= 0.6 is 0 Å². The van der Waals surface area contributed by atoms with Crippen molar-refractivity contribution in [1.82, 2.24) is 26.6 Å². The molecule has 0 rings (SSSR count). The van der Waals surface area contributed by atoms with Gasteiger partial charge in [-0.15, -0.1) is 0 Å². The third kappa shape index (κ3) is 13.7. The van der Waals surface area contributed by atoms with E-state index in [9.17, 15) is 28.8 Å². The number of nitrogens with one attached hydrogen (secondary N) is 5. The maximum absolute atomic E-state index is 12.6. The van der Waals surface area contributed by atoms with Gasteiger partial charge in [0.25, 0.3) is 0 Å². The highest BCUT2D eigenvalue weighted by Crippen LogP contribution is 2.07. The molecule has 0 spiro atoms. The summed E-state index contributed by atoms with van der Waals surface area (Å²) in [5.41, 5.74) is 4.07. The van der Waals surface area contributed by atoms with Crippen molar-refractivity contribution in [3.05, 3.63) is 0 Å². The predicted molar refractivity (Wildman–Crippen MR) is 111 cm³/mol. The van der Waals surface area contributed by atoms with Crippen LogP contribution in [0, 0.1) is 0 Å². The monoisotopic (exact) mass is 460 g/mol. The van der Waals surface area contributed by atoms with E-state index in [2.05, 4.69) is 26.6 Å². The third-order valence-electron chi connectivity index (χ3n) is 3.54. The van der Waals surface area contributed by atoms with E-state index in [0.717, 1.165) is 0 Å². The second-order valence-electron chi connectivity index (χ2n) is 7.69. The lowest BCUT2D eigenvalue weighted by Gasteiger charge is -2.24. The SMILES string of the molecule is C[C@H](NC(=O)[C@@H](CCNC(=O)CO)NC(=O)OC(C)(C)C)C(=O)NCC(=O)NCC(N)=O. The minimum atomic E-state index is -1.17. The fourth-order valence-electron chi connectivity index (χ4n) is 2.08. The summed E-state index contributed by atoms with van der Waals surface area (Å²) >= 11 is 0. The van der Waals surface area contributed by atoms with E-state index >= 15 is 0 Å². The van der Waals surface area contributed by atoms with Crippen LogP contribution in [-0.2, 0) is 28.7 Å². The van der Waals surface area contributed by atoms with E-state index < -0.39 is 66.5 Å². The zero-order chi connectivity index (χ0) is 24.9. The molecule has 0 saturated heterocycles. The molecule has 0 heterocycles. The first kappa shape index (κ1) is 28.6. The lowest BCUT2D eigenvalue weighted by atomic mass is 10.1. The second-order valence-corrected chi connectivity index (χ2v) is 7.69. The van der Waals surface area contributed by atoms with E-state index in [-0.39, 0.29) is 19.5 Å². The number of carbonyl (C=O) groups excluding carboxylic acids is 6. The molecule has 0 aliphatic carbocycles. The fourth-order valence-corrected chi connectivity index (χ4v) is 2.08. The number of rotatable bonds is 12. The van der Waals surface area contributed by atoms with Gasteiger partial charge in [0, 0.05) is 6.54 Å². The van der Waals surface area contributed by atoms with Crippen LogP contribution in [0.5, 0.6) is 0 Å². The van der Waals surface area contributed by atoms with E-state index in [1.165, 1.54) is 6.92 Å². The normalized spacial score (nSPS) is 12.5. The second kappa shape index (κ2) is 13.8. The Kier molecular flexibility index (Phi) is 12.3. The Morgan fingerprint density at radius 1 is 0.906 bits per heavy atom. The minimum Gasteiger partial charge on any atom is -0.444 e. The molecule has 0 aromatic heterocycles. The minimum absolute atomic E-state index is 0.0477. The predicted octanol–water partition coefficient (Wildman–Crippen LogP) is -3.40. The Bertz CT molecular complexity index is 706. The molecule has 182 valence electrons. The van der Waals surface area contributed by atoms with Crippen LogP contribution in [-0.4, -0.2) is 84.7 Å². The number of ether oxygens (including phenoxy) is 1. The summed E-state index contributed by atoms with van der Waals surface area (Å²) in [4.78, 5) is 70.0. The summed E-state index contributed by atoms with van der Waals surface area (Å²) in [6, 6.07) is -2.25. The van der Waals surface area contributed by atoms with Crippen LogP contribution in [0.2, 0.25) is 0 Å². The Hall–Kier alpha value is -3.42. The summed E-state index contributed by atoms with van der Waals surface area (Å²) < 4.78 is 5.11. The van der Waals surface area contributed by atoms with Gasteiger partial charge in [-0.2, -0.15) is 0 Å². The highest BCUT2D eigenvalue weighted by molar-refractivity contribution is 5.93. The van der Waals surface area contributed by atoms with Gasteiger partial charge < -0.3 is 42.2 Å². The first-order valence-electron chi connectivity index (χ1n) is 9.75. The standard InChI is InChI=1S/C18H32N6O8/c1-10(15(29)22-8-13(27)21-7-12(19)26)23-16(30)11(5-6-20-14(28)9-25)24-17(31)32-18(2,3)4/h10-11,25H,5-9H2,1-4H3,(H2,19,26)(H,20,28)(H,21,27)(H,22,29)(H,23,30)(H,24,31)/t10-,11+/m0/s1. The van der Waals surface area contributed by atoms with Gasteiger partial charge in [0.15, 0.2) is 0 Å². The van der Waals surface area contributed by atoms with Crippen LogP contribution in [0.25, 0.3) is 0 Å². The molecule has 0 aliphatic heterocycles. The number of amides is 6. The number of aliphatic hydroxyl groups is 1. The molecular formula is C18H32N6O8. The maximum Gasteiger partial charge on any atom is 0.408 e. The Morgan fingerprint density at radius 2 is 1.53 bits per heavy atom. The van der Waals surface area contributed by atoms with Crippen molar-refractivity contribution >= 4 is 35.6 Å². The van der Waals surface area contributed by atoms with Gasteiger partial charge in [0.1, 0.15) is 24.3 Å². The summed E-state index contributed by atoms with van der Waals surface area (Å²) in [6.07, 6.45) is -0.935. The van der Waals surface area contributed by atoms with Gasteiger partial charge >= 0.3 is 6.09 Å². The summed E-state index contributed by atoms with van der Waals surface area (Å²) in [5.74, 6) is -3.50. The van der Waals surface area contributed by atoms with Gasteiger partial charge in [-0.1, -0.05) is 0 Å². The topological polar surface area (TPSA) is 218 Å². The molecule has 8 N–H and O–H groups in total. The van der Waals surface area contributed by atoms with Crippen molar-refractivity contribution in [1.29, 1.82) is 0 Å². The van der Waals surface area contributed by atoms with Crippen LogP contribution < -0.4 is 32.3 Å². The quantitative estimate of drug-likeness (QED) is 0.155. The first-order valence-corrected chi connectivity index (χ1v) is 9.75. The van der Waals surface area contributed by atoms with E-state index in [1.807, 2.05) is 0 Å². The van der Waals surface area contributed by atoms with Gasteiger partial charge in [-0.3, -0.25) is 24.0 Å². The van der Waals surface area contributed by atoms with E-state index in [0.29, 0.717) is 0 Å². The molecule has 6 amide bonds. The lowest BCUT2D eigenvalue weighted by molar-refractivity contribution is -0.131. The number of hydrogen-bond donors (Lipinski definition) is 7. The zero-order valence-electron chi connectivity index (χ0n) is 18.6. The molecule has 0 saturated carbocycles. The van der Waals surface area contributed by atoms with Crippen molar-refractivity contribution in [2.45, 2.75) is 51.8 Å². The highest BCUT2D eigenvalue weighted by Gasteiger charge is 2.26. The Morgan fingerprint density at radius 3 is 2.06 bits per heavy atom. The molecule has 14 heteroatoms. The number of primary amides is 1. The number of aliphatic hydroxyl groups excluding tert-OH is 1. The third-order valence-corrected chi connectivity index (χ3v) is 3.54. The van der Waals surface area contributed by atoms with E-state index in [4.69, 9.17) is 15.6 Å². The summed E-state index contributed by atoms with van der Waals surface area (Å²) in [5, 5.41) is 20.3. The van der Waals surface area contributed by atoms with Gasteiger partial charge in [0.05, 0.1) is 13.1 Å². The van der Waals surface area contributed by atoms with Crippen LogP contribution in [0.3, 0.4) is 0 Å². The van der Waals surface area contributed by atoms with Gasteiger partial charge in [-0.05, 0) is 34.1 Å². The van der Waals surface area contributed by atoms with Gasteiger partial charge in [-0.25, -0.2) is 4.79 Å². The molecule has 0 bridgehead atoms. The molecule has 0 aliphatic rings. The van der Waals surface area contributed by atoms with E-state index in [1.54, 1.807) is 20.8 Å². The summed E-state index contributed by atoms with van der Waals surface area (Å²) in [6.45, 7) is 4.64. The van der Waals surface area contributed by atoms with Crippen molar-refractivity contribution < 1.29 is 38.6 Å². The van der Waals surface area contributed by atoms with Crippen LogP contribution in [0.15, 0.2) is 0 Å².